The van der Waals surface area contributed by atoms with E-state index in [-0.39, 0.29) is 29.7 Å². The van der Waals surface area contributed by atoms with Gasteiger partial charge in [0.15, 0.2) is 0 Å². The van der Waals surface area contributed by atoms with Crippen LogP contribution < -0.4 is 15.4 Å². The molecule has 2 N–H and O–H groups in total. The van der Waals surface area contributed by atoms with Crippen LogP contribution in [0.3, 0.4) is 0 Å². The highest BCUT2D eigenvalue weighted by Gasteiger charge is 2.40. The zero-order valence-electron chi connectivity index (χ0n) is 19.7. The van der Waals surface area contributed by atoms with Crippen LogP contribution in [0.2, 0.25) is 0 Å². The van der Waals surface area contributed by atoms with Gasteiger partial charge in [-0.1, -0.05) is 30.3 Å². The maximum atomic E-state index is 13.2. The van der Waals surface area contributed by atoms with Gasteiger partial charge in [-0.15, -0.1) is 0 Å². The van der Waals surface area contributed by atoms with E-state index >= 15 is 0 Å². The van der Waals surface area contributed by atoms with Crippen molar-refractivity contribution in [1.82, 2.24) is 20.4 Å². The highest BCUT2D eigenvalue weighted by atomic mass is 16.5. The van der Waals surface area contributed by atoms with Crippen LogP contribution in [-0.4, -0.2) is 58.8 Å². The molecule has 3 amide bonds. The van der Waals surface area contributed by atoms with E-state index in [1.807, 2.05) is 18.2 Å². The number of hydrogen-bond donors (Lipinski definition) is 2. The molecule has 2 saturated heterocycles. The average Bonchev–Trinajstić information content (AvgIpc) is 3.08. The Morgan fingerprint density at radius 3 is 2.66 bits per heavy atom. The van der Waals surface area contributed by atoms with Gasteiger partial charge in [-0.05, 0) is 42.8 Å². The van der Waals surface area contributed by atoms with E-state index in [4.69, 9.17) is 4.74 Å². The van der Waals surface area contributed by atoms with Gasteiger partial charge in [0.2, 0.25) is 11.8 Å². The van der Waals surface area contributed by atoms with Crippen LogP contribution in [0.1, 0.15) is 52.7 Å². The van der Waals surface area contributed by atoms with Crippen LogP contribution in [-0.2, 0) is 29.2 Å². The van der Waals surface area contributed by atoms with E-state index in [9.17, 15) is 14.4 Å². The number of amides is 3. The molecule has 4 aliphatic heterocycles. The maximum Gasteiger partial charge on any atom is 0.255 e. The molecule has 35 heavy (non-hydrogen) atoms. The third-order valence-corrected chi connectivity index (χ3v) is 7.72. The first kappa shape index (κ1) is 22.2. The second kappa shape index (κ2) is 8.77. The lowest BCUT2D eigenvalue weighted by atomic mass is 9.91. The van der Waals surface area contributed by atoms with E-state index in [0.29, 0.717) is 25.1 Å². The number of nitrogens with one attached hydrogen (secondary N) is 2. The van der Waals surface area contributed by atoms with Gasteiger partial charge >= 0.3 is 0 Å². The fraction of sp³-hybridized carbons (Fsp3) is 0.444. The number of para-hydroxylation sites is 1. The lowest BCUT2D eigenvalue weighted by molar-refractivity contribution is -0.136. The van der Waals surface area contributed by atoms with Gasteiger partial charge in [-0.25, -0.2) is 0 Å². The molecule has 4 aliphatic rings. The van der Waals surface area contributed by atoms with Crippen molar-refractivity contribution < 1.29 is 19.1 Å². The number of fused-ring (bicyclic) bond motifs is 2. The minimum Gasteiger partial charge on any atom is -0.486 e. The minimum atomic E-state index is -0.588. The molecule has 1 unspecified atom stereocenters. The van der Waals surface area contributed by atoms with Crippen LogP contribution in [0.5, 0.6) is 5.75 Å². The summed E-state index contributed by atoms with van der Waals surface area (Å²) in [6.07, 6.45) is 2.56. The number of nitrogens with zero attached hydrogens (tertiary/aromatic N) is 2. The van der Waals surface area contributed by atoms with Gasteiger partial charge in [0, 0.05) is 56.6 Å². The topological polar surface area (TPSA) is 91.0 Å². The summed E-state index contributed by atoms with van der Waals surface area (Å²) in [7, 11) is 0. The van der Waals surface area contributed by atoms with E-state index in [1.165, 1.54) is 5.56 Å². The predicted octanol–water partition coefficient (Wildman–Crippen LogP) is 1.96. The summed E-state index contributed by atoms with van der Waals surface area (Å²) >= 11 is 0. The molecule has 0 saturated carbocycles. The second-order valence-corrected chi connectivity index (χ2v) is 10.2. The first-order valence-corrected chi connectivity index (χ1v) is 12.5. The molecule has 0 aromatic heterocycles. The zero-order valence-corrected chi connectivity index (χ0v) is 19.7. The van der Waals surface area contributed by atoms with Crippen molar-refractivity contribution in [2.24, 2.45) is 0 Å². The van der Waals surface area contributed by atoms with Gasteiger partial charge in [0.05, 0.1) is 0 Å². The van der Waals surface area contributed by atoms with Crippen molar-refractivity contribution in [1.29, 1.82) is 0 Å². The van der Waals surface area contributed by atoms with Gasteiger partial charge in [0.1, 0.15) is 17.4 Å². The average molecular weight is 475 g/mol. The largest absolute Gasteiger partial charge is 0.486 e. The minimum absolute atomic E-state index is 0.129. The molecule has 2 aromatic rings. The number of piperidine rings is 2. The first-order chi connectivity index (χ1) is 17.0. The van der Waals surface area contributed by atoms with Crippen LogP contribution in [0.15, 0.2) is 42.5 Å². The Bertz CT molecular complexity index is 1190. The third-order valence-electron chi connectivity index (χ3n) is 7.72. The standard InChI is InChI=1S/C27H30N4O4/c32-24-8-7-22(25(33)29-24)31-16-19-6-5-18(13-21(19)26(31)34)14-30-15-20-3-1-2-4-23(20)35-27(17-30)9-11-28-12-10-27/h1-6,13,22,28H,7-12,14-17H2,(H,29,32,33). The van der Waals surface area contributed by atoms with Crippen LogP contribution in [0.4, 0.5) is 0 Å². The van der Waals surface area contributed by atoms with Gasteiger partial charge in [-0.2, -0.15) is 0 Å². The zero-order chi connectivity index (χ0) is 24.0. The lowest BCUT2D eigenvalue weighted by Crippen LogP contribution is -2.52. The Morgan fingerprint density at radius 1 is 1.00 bits per heavy atom. The molecule has 6 rings (SSSR count). The van der Waals surface area contributed by atoms with Gasteiger partial charge < -0.3 is 15.0 Å². The molecule has 8 nitrogen and oxygen atoms in total. The quantitative estimate of drug-likeness (QED) is 0.661. The first-order valence-electron chi connectivity index (χ1n) is 12.5. The molecule has 1 spiro atoms. The summed E-state index contributed by atoms with van der Waals surface area (Å²) in [6.45, 7) is 4.63. The van der Waals surface area contributed by atoms with Crippen molar-refractivity contribution in [3.63, 3.8) is 0 Å². The number of hydrogen-bond acceptors (Lipinski definition) is 6. The number of rotatable bonds is 3. The summed E-state index contributed by atoms with van der Waals surface area (Å²) < 4.78 is 6.64. The summed E-state index contributed by atoms with van der Waals surface area (Å²) in [5.41, 5.74) is 3.64. The molecular weight excluding hydrogens is 444 g/mol. The van der Waals surface area contributed by atoms with E-state index < -0.39 is 6.04 Å². The van der Waals surface area contributed by atoms with Crippen molar-refractivity contribution in [3.05, 3.63) is 64.7 Å². The smallest absolute Gasteiger partial charge is 0.255 e. The Kier molecular flexibility index (Phi) is 5.57. The summed E-state index contributed by atoms with van der Waals surface area (Å²) in [4.78, 5) is 41.2. The van der Waals surface area contributed by atoms with Gasteiger partial charge in [-0.3, -0.25) is 24.6 Å². The third kappa shape index (κ3) is 4.21. The van der Waals surface area contributed by atoms with E-state index in [0.717, 1.165) is 55.9 Å². The van der Waals surface area contributed by atoms with Crippen molar-refractivity contribution in [2.75, 3.05) is 19.6 Å². The normalized spacial score (nSPS) is 23.9. The monoisotopic (exact) mass is 474 g/mol. The molecule has 0 bridgehead atoms. The van der Waals surface area contributed by atoms with E-state index in [2.05, 4.69) is 39.8 Å². The fourth-order valence-corrected chi connectivity index (χ4v) is 5.92. The Balaban J connectivity index is 1.23. The van der Waals surface area contributed by atoms with Crippen molar-refractivity contribution in [3.8, 4) is 5.75 Å². The van der Waals surface area contributed by atoms with Crippen LogP contribution in [0, 0.1) is 0 Å². The van der Waals surface area contributed by atoms with Crippen LogP contribution in [0.25, 0.3) is 0 Å². The van der Waals surface area contributed by atoms with Gasteiger partial charge in [0.25, 0.3) is 5.91 Å². The molecule has 0 aliphatic carbocycles. The Labute approximate surface area is 204 Å². The molecule has 1 atom stereocenters. The SMILES string of the molecule is O=C1CCC(N2Cc3ccc(CN4Cc5ccccc5OC5(CCNCC5)C4)cc3C2=O)C(=O)N1. The molecule has 2 aromatic carbocycles. The Hall–Kier alpha value is -3.23. The summed E-state index contributed by atoms with van der Waals surface area (Å²) in [5, 5.41) is 5.81. The molecule has 4 heterocycles. The predicted molar refractivity (Wildman–Crippen MR) is 129 cm³/mol. The molecule has 182 valence electrons. The molecule has 8 heteroatoms. The van der Waals surface area contributed by atoms with Crippen LogP contribution >= 0.6 is 0 Å². The molecule has 0 radical (unpaired) electrons. The molecular formula is C27H30N4O4. The Morgan fingerprint density at radius 2 is 1.83 bits per heavy atom. The van der Waals surface area contributed by atoms with Crippen molar-refractivity contribution in [2.45, 2.75) is 57.0 Å². The van der Waals surface area contributed by atoms with Crippen molar-refractivity contribution >= 4 is 17.7 Å². The second-order valence-electron chi connectivity index (χ2n) is 10.2. The lowest BCUT2D eigenvalue weighted by Gasteiger charge is -2.39. The highest BCUT2D eigenvalue weighted by Crippen LogP contribution is 2.35. The number of imide groups is 1. The number of ether oxygens (including phenoxy) is 1. The molecule has 2 fully saturated rings. The number of carbonyl (C=O) groups is 3. The number of carbonyl (C=O) groups excluding carboxylic acids is 3. The fourth-order valence-electron chi connectivity index (χ4n) is 5.92. The van der Waals surface area contributed by atoms with E-state index in [1.54, 1.807) is 4.90 Å². The maximum absolute atomic E-state index is 13.2. The summed E-state index contributed by atoms with van der Waals surface area (Å²) in [6, 6.07) is 13.8. The summed E-state index contributed by atoms with van der Waals surface area (Å²) in [5.74, 6) is 0.196. The highest BCUT2D eigenvalue weighted by molar-refractivity contribution is 6.05. The number of benzene rings is 2.